The molecule has 0 N–H and O–H groups in total. The van der Waals surface area contributed by atoms with Gasteiger partial charge in [-0.25, -0.2) is 9.59 Å². The molecule has 0 aromatic heterocycles. The number of nitrogens with zero attached hydrogens (tertiary/aromatic N) is 2. The van der Waals surface area contributed by atoms with Gasteiger partial charge in [0.15, 0.2) is 0 Å². The van der Waals surface area contributed by atoms with Gasteiger partial charge in [0.25, 0.3) is 0 Å². The summed E-state index contributed by atoms with van der Waals surface area (Å²) in [5, 5.41) is 0. The van der Waals surface area contributed by atoms with Gasteiger partial charge < -0.3 is 0 Å². The zero-order valence-corrected chi connectivity index (χ0v) is 7.87. The summed E-state index contributed by atoms with van der Waals surface area (Å²) < 4.78 is 0. The second-order valence-electron chi connectivity index (χ2n) is 2.83. The van der Waals surface area contributed by atoms with Gasteiger partial charge in [-0.15, -0.1) is 0 Å². The zero-order chi connectivity index (χ0) is 10.6. The summed E-state index contributed by atoms with van der Waals surface area (Å²) in [5.41, 5.74) is 2.63. The zero-order valence-electron chi connectivity index (χ0n) is 7.87. The molecule has 0 fully saturated rings. The van der Waals surface area contributed by atoms with Crippen molar-refractivity contribution in [3.05, 3.63) is 23.3 Å². The fourth-order valence-corrected chi connectivity index (χ4v) is 1.06. The van der Waals surface area contributed by atoms with Crippen LogP contribution in [0.5, 0.6) is 0 Å². The fourth-order valence-electron chi connectivity index (χ4n) is 1.06. The highest BCUT2D eigenvalue weighted by atomic mass is 16.1. The highest BCUT2D eigenvalue weighted by Gasteiger charge is 2.03. The van der Waals surface area contributed by atoms with Gasteiger partial charge in [-0.2, -0.15) is 9.98 Å². The Morgan fingerprint density at radius 3 is 1.57 bits per heavy atom. The predicted octanol–water partition coefficient (Wildman–Crippen LogP) is 2.24. The molecule has 0 saturated heterocycles. The molecule has 0 saturated carbocycles. The average Bonchev–Trinajstić information content (AvgIpc) is 2.14. The lowest BCUT2D eigenvalue weighted by molar-refractivity contribution is 0.564. The Balaban J connectivity index is 3.45. The van der Waals surface area contributed by atoms with Crippen molar-refractivity contribution in [3.63, 3.8) is 0 Å². The topological polar surface area (TPSA) is 58.9 Å². The first-order valence-corrected chi connectivity index (χ1v) is 3.96. The summed E-state index contributed by atoms with van der Waals surface area (Å²) in [7, 11) is 0. The third kappa shape index (κ3) is 2.02. The maximum absolute atomic E-state index is 10.1. The summed E-state index contributed by atoms with van der Waals surface area (Å²) in [6, 6.07) is 3.35. The molecule has 1 aromatic rings. The van der Waals surface area contributed by atoms with Crippen LogP contribution in [0.15, 0.2) is 22.1 Å². The minimum atomic E-state index is 0.339. The fraction of sp³-hybridized carbons (Fsp3) is 0.200. The van der Waals surface area contributed by atoms with E-state index in [-0.39, 0.29) is 0 Å². The lowest BCUT2D eigenvalue weighted by Gasteiger charge is -2.02. The van der Waals surface area contributed by atoms with Crippen LogP contribution in [0.2, 0.25) is 0 Å². The first kappa shape index (κ1) is 10.1. The van der Waals surface area contributed by atoms with Crippen LogP contribution >= 0.6 is 0 Å². The molecule has 0 bridgehead atoms. The van der Waals surface area contributed by atoms with Crippen molar-refractivity contribution in [1.82, 2.24) is 0 Å². The molecule has 70 valence electrons. The first-order chi connectivity index (χ1) is 6.69. The van der Waals surface area contributed by atoms with Crippen molar-refractivity contribution >= 4 is 23.5 Å². The van der Waals surface area contributed by atoms with Gasteiger partial charge in [0.2, 0.25) is 12.2 Å². The van der Waals surface area contributed by atoms with Gasteiger partial charge in [0, 0.05) is 0 Å². The van der Waals surface area contributed by atoms with Gasteiger partial charge in [0.05, 0.1) is 0 Å². The third-order valence-electron chi connectivity index (χ3n) is 1.92. The van der Waals surface area contributed by atoms with Crippen molar-refractivity contribution in [2.75, 3.05) is 0 Å². The number of benzene rings is 1. The standard InChI is InChI=1S/C10H8N2O2/c1-7-3-9(11-5-13)10(12-6-14)4-8(7)2/h3-4H,1-2H3. The van der Waals surface area contributed by atoms with Crippen molar-refractivity contribution in [2.45, 2.75) is 13.8 Å². The van der Waals surface area contributed by atoms with E-state index < -0.39 is 0 Å². The third-order valence-corrected chi connectivity index (χ3v) is 1.92. The molecular formula is C10H8N2O2. The molecule has 14 heavy (non-hydrogen) atoms. The largest absolute Gasteiger partial charge is 0.240 e. The minimum absolute atomic E-state index is 0.339. The van der Waals surface area contributed by atoms with Crippen molar-refractivity contribution in [3.8, 4) is 0 Å². The summed E-state index contributed by atoms with van der Waals surface area (Å²) in [6.45, 7) is 3.77. The molecular weight excluding hydrogens is 180 g/mol. The highest BCUT2D eigenvalue weighted by molar-refractivity contribution is 5.70. The number of hydrogen-bond acceptors (Lipinski definition) is 4. The molecule has 0 unspecified atom stereocenters. The molecule has 4 nitrogen and oxygen atoms in total. The number of isocyanates is 2. The molecule has 0 aliphatic rings. The monoisotopic (exact) mass is 188 g/mol. The normalized spacial score (nSPS) is 8.71. The number of carbonyl (C=O) groups excluding carboxylic acids is 2. The Morgan fingerprint density at radius 1 is 0.929 bits per heavy atom. The molecule has 0 atom stereocenters. The summed E-state index contributed by atoms with van der Waals surface area (Å²) in [5.74, 6) is 0. The molecule has 0 aliphatic heterocycles. The van der Waals surface area contributed by atoms with E-state index in [0.29, 0.717) is 11.4 Å². The number of aryl methyl sites for hydroxylation is 2. The van der Waals surface area contributed by atoms with Gasteiger partial charge in [-0.1, -0.05) is 0 Å². The van der Waals surface area contributed by atoms with E-state index in [1.165, 1.54) is 12.2 Å². The molecule has 0 spiro atoms. The predicted molar refractivity (Wildman–Crippen MR) is 51.5 cm³/mol. The van der Waals surface area contributed by atoms with Crippen LogP contribution in [0.4, 0.5) is 11.4 Å². The average molecular weight is 188 g/mol. The van der Waals surface area contributed by atoms with Gasteiger partial charge in [-0.3, -0.25) is 0 Å². The number of aliphatic imine (C=N–C) groups is 2. The molecule has 0 amide bonds. The van der Waals surface area contributed by atoms with Crippen molar-refractivity contribution < 1.29 is 9.59 Å². The number of hydrogen-bond donors (Lipinski definition) is 0. The van der Waals surface area contributed by atoms with Crippen LogP contribution in [0.1, 0.15) is 11.1 Å². The molecule has 0 aliphatic carbocycles. The molecule has 0 radical (unpaired) electrons. The Labute approximate surface area is 81.0 Å². The SMILES string of the molecule is Cc1cc(N=C=O)c(N=C=O)cc1C. The lowest BCUT2D eigenvalue weighted by atomic mass is 10.1. The van der Waals surface area contributed by atoms with Gasteiger partial charge in [0.1, 0.15) is 11.4 Å². The Kier molecular flexibility index (Phi) is 3.08. The van der Waals surface area contributed by atoms with E-state index >= 15 is 0 Å². The summed E-state index contributed by atoms with van der Waals surface area (Å²) >= 11 is 0. The van der Waals surface area contributed by atoms with Crippen LogP contribution < -0.4 is 0 Å². The van der Waals surface area contributed by atoms with Crippen LogP contribution in [0.25, 0.3) is 0 Å². The maximum Gasteiger partial charge on any atom is 0.240 e. The molecule has 1 rings (SSSR count). The van der Waals surface area contributed by atoms with E-state index in [4.69, 9.17) is 0 Å². The smallest absolute Gasteiger partial charge is 0.211 e. The minimum Gasteiger partial charge on any atom is -0.211 e. The Bertz CT molecular complexity index is 410. The van der Waals surface area contributed by atoms with Crippen LogP contribution in [0, 0.1) is 13.8 Å². The quantitative estimate of drug-likeness (QED) is 0.527. The molecule has 4 heteroatoms. The second kappa shape index (κ2) is 4.28. The van der Waals surface area contributed by atoms with E-state index in [0.717, 1.165) is 11.1 Å². The van der Waals surface area contributed by atoms with Gasteiger partial charge >= 0.3 is 0 Å². The second-order valence-corrected chi connectivity index (χ2v) is 2.83. The highest BCUT2D eigenvalue weighted by Crippen LogP contribution is 2.30. The van der Waals surface area contributed by atoms with E-state index in [9.17, 15) is 9.59 Å². The van der Waals surface area contributed by atoms with Crippen LogP contribution in [-0.2, 0) is 9.59 Å². The molecule has 0 heterocycles. The molecule has 1 aromatic carbocycles. The first-order valence-electron chi connectivity index (χ1n) is 3.96. The van der Waals surface area contributed by atoms with E-state index in [1.54, 1.807) is 12.1 Å². The summed E-state index contributed by atoms with van der Waals surface area (Å²) in [4.78, 5) is 27.1. The summed E-state index contributed by atoms with van der Waals surface area (Å²) in [6.07, 6.45) is 2.83. The van der Waals surface area contributed by atoms with Gasteiger partial charge in [-0.05, 0) is 37.1 Å². The van der Waals surface area contributed by atoms with Crippen LogP contribution in [-0.4, -0.2) is 12.2 Å². The lowest BCUT2D eigenvalue weighted by Crippen LogP contribution is -1.80. The van der Waals surface area contributed by atoms with Crippen molar-refractivity contribution in [2.24, 2.45) is 9.98 Å². The number of rotatable bonds is 2. The maximum atomic E-state index is 10.1. The Morgan fingerprint density at radius 2 is 1.29 bits per heavy atom. The van der Waals surface area contributed by atoms with Crippen molar-refractivity contribution in [1.29, 1.82) is 0 Å². The Hall–Kier alpha value is -2.02. The van der Waals surface area contributed by atoms with E-state index in [2.05, 4.69) is 9.98 Å². The van der Waals surface area contributed by atoms with Crippen LogP contribution in [0.3, 0.4) is 0 Å². The van der Waals surface area contributed by atoms with E-state index in [1.807, 2.05) is 13.8 Å².